The van der Waals surface area contributed by atoms with Crippen LogP contribution in [0, 0.1) is 5.92 Å². The molecular formula is C6H13ClO. The second kappa shape index (κ2) is 4.16. The van der Waals surface area contributed by atoms with Gasteiger partial charge in [-0.25, -0.2) is 0 Å². The summed E-state index contributed by atoms with van der Waals surface area (Å²) in [5.74, 6) is 0.432. The van der Waals surface area contributed by atoms with Crippen molar-refractivity contribution < 1.29 is 5.11 Å². The summed E-state index contributed by atoms with van der Waals surface area (Å²) in [6.07, 6.45) is 1.04. The van der Waals surface area contributed by atoms with E-state index in [1.54, 1.807) is 0 Å². The van der Waals surface area contributed by atoms with E-state index in [-0.39, 0.29) is 12.0 Å². The number of halogens is 1. The van der Waals surface area contributed by atoms with E-state index in [9.17, 15) is 0 Å². The van der Waals surface area contributed by atoms with E-state index in [4.69, 9.17) is 16.7 Å². The van der Waals surface area contributed by atoms with E-state index >= 15 is 0 Å². The van der Waals surface area contributed by atoms with Gasteiger partial charge in [0.25, 0.3) is 0 Å². The Balaban J connectivity index is 3.29. The van der Waals surface area contributed by atoms with Gasteiger partial charge in [-0.3, -0.25) is 0 Å². The molecule has 8 heavy (non-hydrogen) atoms. The number of hydrogen-bond donors (Lipinski definition) is 1. The summed E-state index contributed by atoms with van der Waals surface area (Å²) < 4.78 is 0. The molecule has 0 aliphatic carbocycles. The summed E-state index contributed by atoms with van der Waals surface area (Å²) in [6, 6.07) is 0. The van der Waals surface area contributed by atoms with Crippen LogP contribution >= 0.6 is 11.6 Å². The highest BCUT2D eigenvalue weighted by molar-refractivity contribution is 6.20. The maximum absolute atomic E-state index is 8.50. The van der Waals surface area contributed by atoms with Crippen molar-refractivity contribution in [2.75, 3.05) is 6.61 Å². The van der Waals surface area contributed by atoms with Gasteiger partial charge in [0.1, 0.15) is 0 Å². The molecule has 0 amide bonds. The molecule has 0 radical (unpaired) electrons. The fourth-order valence-electron chi connectivity index (χ4n) is 0.436. The largest absolute Gasteiger partial charge is 0.395 e. The van der Waals surface area contributed by atoms with Crippen LogP contribution in [-0.2, 0) is 0 Å². The molecule has 2 heteroatoms. The van der Waals surface area contributed by atoms with Crippen molar-refractivity contribution in [2.45, 2.75) is 25.6 Å². The third-order valence-corrected chi connectivity index (χ3v) is 2.00. The number of rotatable bonds is 3. The first kappa shape index (κ1) is 8.25. The van der Waals surface area contributed by atoms with E-state index in [0.29, 0.717) is 5.92 Å². The molecule has 0 heterocycles. The van der Waals surface area contributed by atoms with Crippen LogP contribution in [0.1, 0.15) is 20.3 Å². The zero-order valence-corrected chi connectivity index (χ0v) is 6.15. The van der Waals surface area contributed by atoms with Crippen LogP contribution in [0.2, 0.25) is 0 Å². The van der Waals surface area contributed by atoms with Crippen LogP contribution in [-0.4, -0.2) is 17.1 Å². The van der Waals surface area contributed by atoms with Crippen LogP contribution < -0.4 is 0 Å². The first-order valence-electron chi connectivity index (χ1n) is 2.97. The lowest BCUT2D eigenvalue weighted by atomic mass is 10.1. The minimum Gasteiger partial charge on any atom is -0.395 e. The second-order valence-corrected chi connectivity index (χ2v) is 2.64. The van der Waals surface area contributed by atoms with E-state index in [2.05, 4.69) is 6.92 Å². The molecule has 50 valence electrons. The van der Waals surface area contributed by atoms with Gasteiger partial charge in [0.05, 0.1) is 12.0 Å². The van der Waals surface area contributed by atoms with Gasteiger partial charge in [-0.1, -0.05) is 20.3 Å². The predicted octanol–water partition coefficient (Wildman–Crippen LogP) is 1.63. The predicted molar refractivity (Wildman–Crippen MR) is 36.2 cm³/mol. The van der Waals surface area contributed by atoms with Gasteiger partial charge in [0, 0.05) is 0 Å². The lowest BCUT2D eigenvalue weighted by Crippen LogP contribution is -2.14. The number of alkyl halides is 1. The molecule has 0 spiro atoms. The van der Waals surface area contributed by atoms with Gasteiger partial charge in [0.15, 0.2) is 0 Å². The lowest BCUT2D eigenvalue weighted by molar-refractivity contribution is 0.265. The standard InChI is InChI=1S/C6H13ClO/c1-3-5(2)6(7)4-8/h5-6,8H,3-4H2,1-2H3/t5-,6+/m0/s1. The van der Waals surface area contributed by atoms with Crippen molar-refractivity contribution in [2.24, 2.45) is 5.92 Å². The Labute approximate surface area is 55.7 Å². The summed E-state index contributed by atoms with van der Waals surface area (Å²) in [7, 11) is 0. The van der Waals surface area contributed by atoms with E-state index in [0.717, 1.165) is 6.42 Å². The Morgan fingerprint density at radius 2 is 2.12 bits per heavy atom. The summed E-state index contributed by atoms with van der Waals surface area (Å²) in [4.78, 5) is 0. The molecule has 0 aromatic rings. The van der Waals surface area contributed by atoms with Gasteiger partial charge < -0.3 is 5.11 Å². The van der Waals surface area contributed by atoms with Gasteiger partial charge in [-0.05, 0) is 5.92 Å². The van der Waals surface area contributed by atoms with E-state index in [1.165, 1.54) is 0 Å². The SMILES string of the molecule is CC[C@H](C)[C@H](Cl)CO. The molecule has 0 unspecified atom stereocenters. The highest BCUT2D eigenvalue weighted by atomic mass is 35.5. The van der Waals surface area contributed by atoms with Crippen molar-refractivity contribution >= 4 is 11.6 Å². The highest BCUT2D eigenvalue weighted by Gasteiger charge is 2.09. The molecule has 0 saturated carbocycles. The Hall–Kier alpha value is 0.250. The summed E-state index contributed by atoms with van der Waals surface area (Å²) in [5, 5.41) is 8.45. The Kier molecular flexibility index (Phi) is 4.29. The lowest BCUT2D eigenvalue weighted by Gasteiger charge is -2.11. The van der Waals surface area contributed by atoms with Crippen LogP contribution in [0.25, 0.3) is 0 Å². The van der Waals surface area contributed by atoms with E-state index in [1.807, 2.05) is 6.92 Å². The van der Waals surface area contributed by atoms with Crippen LogP contribution in [0.15, 0.2) is 0 Å². The molecule has 0 aliphatic heterocycles. The van der Waals surface area contributed by atoms with Gasteiger partial charge >= 0.3 is 0 Å². The molecule has 1 nitrogen and oxygen atoms in total. The Morgan fingerprint density at radius 3 is 2.25 bits per heavy atom. The van der Waals surface area contributed by atoms with Gasteiger partial charge in [-0.15, -0.1) is 11.6 Å². The molecule has 0 aliphatic rings. The summed E-state index contributed by atoms with van der Waals surface area (Å²) in [6.45, 7) is 4.19. The average molecular weight is 137 g/mol. The van der Waals surface area contributed by atoms with Gasteiger partial charge in [-0.2, -0.15) is 0 Å². The third kappa shape index (κ3) is 2.53. The molecule has 0 aromatic heterocycles. The molecule has 2 atom stereocenters. The molecule has 0 fully saturated rings. The molecule has 0 bridgehead atoms. The molecule has 0 aromatic carbocycles. The molecule has 0 saturated heterocycles. The van der Waals surface area contributed by atoms with Crippen molar-refractivity contribution in [3.8, 4) is 0 Å². The number of aliphatic hydroxyl groups is 1. The smallest absolute Gasteiger partial charge is 0.0597 e. The van der Waals surface area contributed by atoms with Crippen LogP contribution in [0.5, 0.6) is 0 Å². The monoisotopic (exact) mass is 136 g/mol. The van der Waals surface area contributed by atoms with Gasteiger partial charge in [0.2, 0.25) is 0 Å². The maximum Gasteiger partial charge on any atom is 0.0597 e. The minimum atomic E-state index is -0.0556. The normalized spacial score (nSPS) is 18.0. The fourth-order valence-corrected chi connectivity index (χ4v) is 0.614. The molecular weight excluding hydrogens is 124 g/mol. The van der Waals surface area contributed by atoms with Crippen molar-refractivity contribution in [1.29, 1.82) is 0 Å². The quantitative estimate of drug-likeness (QED) is 0.585. The zero-order chi connectivity index (χ0) is 6.57. The summed E-state index contributed by atoms with van der Waals surface area (Å²) in [5.41, 5.74) is 0. The minimum absolute atomic E-state index is 0.0556. The number of aliphatic hydroxyl groups excluding tert-OH is 1. The van der Waals surface area contributed by atoms with Crippen molar-refractivity contribution in [3.05, 3.63) is 0 Å². The number of hydrogen-bond acceptors (Lipinski definition) is 1. The maximum atomic E-state index is 8.50. The first-order valence-corrected chi connectivity index (χ1v) is 3.41. The fraction of sp³-hybridized carbons (Fsp3) is 1.00. The third-order valence-electron chi connectivity index (χ3n) is 1.44. The Bertz CT molecular complexity index is 48.5. The first-order chi connectivity index (χ1) is 3.72. The topological polar surface area (TPSA) is 20.2 Å². The van der Waals surface area contributed by atoms with Crippen LogP contribution in [0.3, 0.4) is 0 Å². The highest BCUT2D eigenvalue weighted by Crippen LogP contribution is 2.12. The Morgan fingerprint density at radius 1 is 1.62 bits per heavy atom. The average Bonchev–Trinajstić information content (AvgIpc) is 1.84. The summed E-state index contributed by atoms with van der Waals surface area (Å²) >= 11 is 5.67. The second-order valence-electron chi connectivity index (χ2n) is 2.08. The van der Waals surface area contributed by atoms with E-state index < -0.39 is 0 Å². The molecule has 0 rings (SSSR count). The molecule has 1 N–H and O–H groups in total. The van der Waals surface area contributed by atoms with Crippen LogP contribution in [0.4, 0.5) is 0 Å². The van der Waals surface area contributed by atoms with Crippen molar-refractivity contribution in [3.63, 3.8) is 0 Å². The zero-order valence-electron chi connectivity index (χ0n) is 5.39. The van der Waals surface area contributed by atoms with Crippen molar-refractivity contribution in [1.82, 2.24) is 0 Å².